The molecule has 0 radical (unpaired) electrons. The highest BCUT2D eigenvalue weighted by Gasteiger charge is 2.21. The second-order valence-electron chi connectivity index (χ2n) is 5.47. The molecule has 0 aromatic heterocycles. The number of aryl methyl sites for hydroxylation is 1. The lowest BCUT2D eigenvalue weighted by atomic mass is 10.1. The highest BCUT2D eigenvalue weighted by Crippen LogP contribution is 2.31. The molecule has 2 nitrogen and oxygen atoms in total. The average Bonchev–Trinajstić information content (AvgIpc) is 3.32. The number of benzene rings is 2. The maximum atomic E-state index is 6.33. The summed E-state index contributed by atoms with van der Waals surface area (Å²) < 4.78 is 6.02. The first-order valence-electron chi connectivity index (χ1n) is 7.54. The van der Waals surface area contributed by atoms with Crippen molar-refractivity contribution < 1.29 is 4.74 Å². The van der Waals surface area contributed by atoms with Gasteiger partial charge in [0.25, 0.3) is 0 Å². The third-order valence-corrected chi connectivity index (χ3v) is 4.13. The summed E-state index contributed by atoms with van der Waals surface area (Å²) in [6.45, 7) is 2.90. The van der Waals surface area contributed by atoms with Crippen molar-refractivity contribution in [1.29, 1.82) is 0 Å². The standard InChI is InChI=1S/C18H20ClNO/c1-2-13-6-10-15(11-7-13)21-18-5-3-4-17(19)16(18)12-20-14-8-9-14/h3-7,10-11,14,20H,2,8-9,12H2,1H3. The minimum absolute atomic E-state index is 0.651. The first-order chi connectivity index (χ1) is 10.3. The van der Waals surface area contributed by atoms with E-state index in [0.717, 1.165) is 35.1 Å². The Hall–Kier alpha value is -1.51. The lowest BCUT2D eigenvalue weighted by Gasteiger charge is -2.13. The predicted octanol–water partition coefficient (Wildman–Crippen LogP) is 4.95. The molecular weight excluding hydrogens is 282 g/mol. The molecule has 0 spiro atoms. The molecule has 1 aliphatic rings. The van der Waals surface area contributed by atoms with Gasteiger partial charge in [-0.3, -0.25) is 0 Å². The van der Waals surface area contributed by atoms with E-state index in [0.29, 0.717) is 6.04 Å². The predicted molar refractivity (Wildman–Crippen MR) is 87.2 cm³/mol. The Morgan fingerprint density at radius 3 is 2.57 bits per heavy atom. The molecule has 110 valence electrons. The van der Waals surface area contributed by atoms with Crippen molar-refractivity contribution >= 4 is 11.6 Å². The van der Waals surface area contributed by atoms with Crippen LogP contribution in [-0.2, 0) is 13.0 Å². The lowest BCUT2D eigenvalue weighted by molar-refractivity contribution is 0.472. The van der Waals surface area contributed by atoms with Crippen LogP contribution in [0.15, 0.2) is 42.5 Å². The highest BCUT2D eigenvalue weighted by atomic mass is 35.5. The molecule has 1 fully saturated rings. The molecule has 21 heavy (non-hydrogen) atoms. The van der Waals surface area contributed by atoms with Gasteiger partial charge in [0.05, 0.1) is 0 Å². The Morgan fingerprint density at radius 2 is 1.90 bits per heavy atom. The maximum Gasteiger partial charge on any atom is 0.133 e. The number of halogens is 1. The van der Waals surface area contributed by atoms with Crippen LogP contribution in [0.4, 0.5) is 0 Å². The van der Waals surface area contributed by atoms with E-state index in [1.807, 2.05) is 30.3 Å². The first-order valence-corrected chi connectivity index (χ1v) is 7.91. The second kappa shape index (κ2) is 6.50. The fraction of sp³-hybridized carbons (Fsp3) is 0.333. The normalized spacial score (nSPS) is 14.2. The van der Waals surface area contributed by atoms with Crippen LogP contribution in [0.2, 0.25) is 5.02 Å². The molecule has 3 rings (SSSR count). The van der Waals surface area contributed by atoms with Crippen molar-refractivity contribution in [1.82, 2.24) is 5.32 Å². The SMILES string of the molecule is CCc1ccc(Oc2cccc(Cl)c2CNC2CC2)cc1. The molecule has 1 aliphatic carbocycles. The number of nitrogens with one attached hydrogen (secondary N) is 1. The monoisotopic (exact) mass is 301 g/mol. The van der Waals surface area contributed by atoms with Crippen LogP contribution in [0.1, 0.15) is 30.9 Å². The van der Waals surface area contributed by atoms with Crippen LogP contribution in [0.3, 0.4) is 0 Å². The van der Waals surface area contributed by atoms with E-state index in [2.05, 4.69) is 24.4 Å². The zero-order valence-corrected chi connectivity index (χ0v) is 13.0. The van der Waals surface area contributed by atoms with E-state index in [1.165, 1.54) is 18.4 Å². The fourth-order valence-electron chi connectivity index (χ4n) is 2.26. The molecule has 2 aromatic rings. The molecule has 0 amide bonds. The number of rotatable bonds is 6. The van der Waals surface area contributed by atoms with Crippen molar-refractivity contribution in [2.75, 3.05) is 0 Å². The molecule has 0 saturated heterocycles. The minimum atomic E-state index is 0.651. The van der Waals surface area contributed by atoms with Gasteiger partial charge in [0, 0.05) is 23.2 Å². The van der Waals surface area contributed by atoms with Crippen LogP contribution >= 0.6 is 11.6 Å². The van der Waals surface area contributed by atoms with Crippen molar-refractivity contribution in [3.05, 3.63) is 58.6 Å². The van der Waals surface area contributed by atoms with Gasteiger partial charge in [0.2, 0.25) is 0 Å². The van der Waals surface area contributed by atoms with Gasteiger partial charge in [-0.25, -0.2) is 0 Å². The Balaban J connectivity index is 1.77. The Bertz CT molecular complexity index is 605. The van der Waals surface area contributed by atoms with Crippen molar-refractivity contribution in [2.24, 2.45) is 0 Å². The van der Waals surface area contributed by atoms with E-state index in [-0.39, 0.29) is 0 Å². The van der Waals surface area contributed by atoms with Crippen molar-refractivity contribution in [3.8, 4) is 11.5 Å². The van der Waals surface area contributed by atoms with Gasteiger partial charge in [-0.15, -0.1) is 0 Å². The van der Waals surface area contributed by atoms with Crippen LogP contribution in [0, 0.1) is 0 Å². The van der Waals surface area contributed by atoms with Gasteiger partial charge in [-0.05, 0) is 49.1 Å². The van der Waals surface area contributed by atoms with Gasteiger partial charge >= 0.3 is 0 Å². The highest BCUT2D eigenvalue weighted by molar-refractivity contribution is 6.31. The van der Waals surface area contributed by atoms with E-state index >= 15 is 0 Å². The molecule has 0 heterocycles. The topological polar surface area (TPSA) is 21.3 Å². The molecule has 0 bridgehead atoms. The third kappa shape index (κ3) is 3.78. The quantitative estimate of drug-likeness (QED) is 0.815. The lowest BCUT2D eigenvalue weighted by Crippen LogP contribution is -2.16. The van der Waals surface area contributed by atoms with Crippen LogP contribution in [0.25, 0.3) is 0 Å². The summed E-state index contributed by atoms with van der Waals surface area (Å²) in [5.41, 5.74) is 2.34. The van der Waals surface area contributed by atoms with Crippen molar-refractivity contribution in [3.63, 3.8) is 0 Å². The smallest absolute Gasteiger partial charge is 0.133 e. The zero-order valence-electron chi connectivity index (χ0n) is 12.2. The molecular formula is C18H20ClNO. The van der Waals surface area contributed by atoms with Gasteiger partial charge in [-0.1, -0.05) is 36.7 Å². The Labute approximate surface area is 131 Å². The summed E-state index contributed by atoms with van der Waals surface area (Å²) in [4.78, 5) is 0. The second-order valence-corrected chi connectivity index (χ2v) is 5.88. The van der Waals surface area contributed by atoms with Crippen LogP contribution in [0.5, 0.6) is 11.5 Å². The van der Waals surface area contributed by atoms with E-state index in [1.54, 1.807) is 0 Å². The molecule has 2 aromatic carbocycles. The van der Waals surface area contributed by atoms with Crippen LogP contribution < -0.4 is 10.1 Å². The van der Waals surface area contributed by atoms with Crippen molar-refractivity contribution in [2.45, 2.75) is 38.8 Å². The van der Waals surface area contributed by atoms with Gasteiger partial charge in [-0.2, -0.15) is 0 Å². The first kappa shape index (κ1) is 14.4. The third-order valence-electron chi connectivity index (χ3n) is 3.78. The minimum Gasteiger partial charge on any atom is -0.457 e. The summed E-state index contributed by atoms with van der Waals surface area (Å²) >= 11 is 6.33. The largest absolute Gasteiger partial charge is 0.457 e. The van der Waals surface area contributed by atoms with Gasteiger partial charge in [0.1, 0.15) is 11.5 Å². The van der Waals surface area contributed by atoms with E-state index in [4.69, 9.17) is 16.3 Å². The number of hydrogen-bond donors (Lipinski definition) is 1. The molecule has 3 heteroatoms. The van der Waals surface area contributed by atoms with Gasteiger partial charge < -0.3 is 10.1 Å². The average molecular weight is 302 g/mol. The molecule has 1 saturated carbocycles. The van der Waals surface area contributed by atoms with Gasteiger partial charge in [0.15, 0.2) is 0 Å². The zero-order chi connectivity index (χ0) is 14.7. The molecule has 0 aliphatic heterocycles. The molecule has 1 N–H and O–H groups in total. The molecule has 0 unspecified atom stereocenters. The summed E-state index contributed by atoms with van der Waals surface area (Å²) in [6, 6.07) is 14.7. The van der Waals surface area contributed by atoms with E-state index < -0.39 is 0 Å². The number of hydrogen-bond acceptors (Lipinski definition) is 2. The summed E-state index contributed by atoms with van der Waals surface area (Å²) in [7, 11) is 0. The number of ether oxygens (including phenoxy) is 1. The maximum absolute atomic E-state index is 6.33. The fourth-order valence-corrected chi connectivity index (χ4v) is 2.49. The molecule has 0 atom stereocenters. The summed E-state index contributed by atoms with van der Waals surface area (Å²) in [5, 5.41) is 4.25. The van der Waals surface area contributed by atoms with E-state index in [9.17, 15) is 0 Å². The Morgan fingerprint density at radius 1 is 1.14 bits per heavy atom. The Kier molecular flexibility index (Phi) is 4.47. The summed E-state index contributed by atoms with van der Waals surface area (Å²) in [6.07, 6.45) is 3.56. The van der Waals surface area contributed by atoms with Crippen LogP contribution in [-0.4, -0.2) is 6.04 Å². The summed E-state index contributed by atoms with van der Waals surface area (Å²) in [5.74, 6) is 1.68.